The van der Waals surface area contributed by atoms with Gasteiger partial charge >= 0.3 is 0 Å². The molecular formula is C20H22FN3O4. The second kappa shape index (κ2) is 10.1. The molecule has 0 aliphatic carbocycles. The van der Waals surface area contributed by atoms with Crippen LogP contribution < -0.4 is 15.4 Å². The van der Waals surface area contributed by atoms with E-state index in [1.165, 1.54) is 24.0 Å². The first-order chi connectivity index (χ1) is 13.4. The van der Waals surface area contributed by atoms with Gasteiger partial charge in [-0.25, -0.2) is 4.39 Å². The number of hydrogen-bond acceptors (Lipinski definition) is 4. The van der Waals surface area contributed by atoms with Gasteiger partial charge in [-0.1, -0.05) is 12.1 Å². The summed E-state index contributed by atoms with van der Waals surface area (Å²) in [4.78, 5) is 37.1. The van der Waals surface area contributed by atoms with Gasteiger partial charge in [0.15, 0.2) is 0 Å². The van der Waals surface area contributed by atoms with Crippen molar-refractivity contribution in [3.05, 3.63) is 59.9 Å². The molecule has 0 aliphatic rings. The highest BCUT2D eigenvalue weighted by Crippen LogP contribution is 2.14. The highest BCUT2D eigenvalue weighted by atomic mass is 19.1. The monoisotopic (exact) mass is 387 g/mol. The lowest BCUT2D eigenvalue weighted by Crippen LogP contribution is -2.41. The van der Waals surface area contributed by atoms with Crippen LogP contribution in [0.15, 0.2) is 48.5 Å². The van der Waals surface area contributed by atoms with Gasteiger partial charge in [0.1, 0.15) is 11.6 Å². The molecule has 0 bridgehead atoms. The molecule has 0 radical (unpaired) electrons. The normalized spacial score (nSPS) is 10.1. The van der Waals surface area contributed by atoms with Gasteiger partial charge in [0.05, 0.1) is 20.2 Å². The molecule has 0 atom stereocenters. The van der Waals surface area contributed by atoms with Gasteiger partial charge in [-0.15, -0.1) is 0 Å². The van der Waals surface area contributed by atoms with Gasteiger partial charge in [0, 0.05) is 19.2 Å². The summed E-state index contributed by atoms with van der Waals surface area (Å²) >= 11 is 0. The maximum atomic E-state index is 13.0. The Bertz CT molecular complexity index is 822. The second-order valence-electron chi connectivity index (χ2n) is 6.05. The molecule has 8 heteroatoms. The first-order valence-corrected chi connectivity index (χ1v) is 8.58. The van der Waals surface area contributed by atoms with Crippen LogP contribution in [0.25, 0.3) is 0 Å². The molecule has 0 unspecified atom stereocenters. The van der Waals surface area contributed by atoms with E-state index in [1.54, 1.807) is 43.5 Å². The molecule has 2 aromatic rings. The maximum Gasteiger partial charge on any atom is 0.243 e. The Labute approximate surface area is 162 Å². The highest BCUT2D eigenvalue weighted by molar-refractivity contribution is 5.95. The molecule has 2 N–H and O–H groups in total. The van der Waals surface area contributed by atoms with Crippen LogP contribution in [0.3, 0.4) is 0 Å². The van der Waals surface area contributed by atoms with Crippen LogP contribution in [0.2, 0.25) is 0 Å². The van der Waals surface area contributed by atoms with E-state index >= 15 is 0 Å². The summed E-state index contributed by atoms with van der Waals surface area (Å²) in [6, 6.07) is 12.4. The number of nitrogens with one attached hydrogen (secondary N) is 2. The molecule has 0 aliphatic heterocycles. The van der Waals surface area contributed by atoms with Crippen LogP contribution in [0.1, 0.15) is 12.5 Å². The average molecular weight is 387 g/mol. The van der Waals surface area contributed by atoms with Gasteiger partial charge < -0.3 is 20.3 Å². The SMILES string of the molecule is COc1ccc(NC(=O)CNC(=O)CN(Cc2ccc(F)cc2)C(C)=O)cc1. The predicted molar refractivity (Wildman–Crippen MR) is 102 cm³/mol. The standard InChI is InChI=1S/C20H22FN3O4/c1-14(25)24(12-15-3-5-16(21)6-4-15)13-20(27)22-11-19(26)23-17-7-9-18(28-2)10-8-17/h3-10H,11-13H2,1-2H3,(H,22,27)(H,23,26). The Kier molecular flexibility index (Phi) is 7.50. The molecule has 0 spiro atoms. The van der Waals surface area contributed by atoms with Crippen molar-refractivity contribution in [1.82, 2.24) is 10.2 Å². The topological polar surface area (TPSA) is 87.7 Å². The summed E-state index contributed by atoms with van der Waals surface area (Å²) in [5, 5.41) is 5.12. The number of halogens is 1. The molecular weight excluding hydrogens is 365 g/mol. The average Bonchev–Trinajstić information content (AvgIpc) is 2.68. The fourth-order valence-corrected chi connectivity index (χ4v) is 2.38. The van der Waals surface area contributed by atoms with Crippen molar-refractivity contribution in [2.24, 2.45) is 0 Å². The number of rotatable bonds is 8. The maximum absolute atomic E-state index is 13.0. The van der Waals surface area contributed by atoms with Crippen molar-refractivity contribution in [3.63, 3.8) is 0 Å². The zero-order chi connectivity index (χ0) is 20.5. The third kappa shape index (κ3) is 6.71. The van der Waals surface area contributed by atoms with Crippen LogP contribution in [-0.2, 0) is 20.9 Å². The van der Waals surface area contributed by atoms with Crippen LogP contribution in [0, 0.1) is 5.82 Å². The number of amides is 3. The fourth-order valence-electron chi connectivity index (χ4n) is 2.38. The van der Waals surface area contributed by atoms with Crippen molar-refractivity contribution in [2.75, 3.05) is 25.5 Å². The third-order valence-electron chi connectivity index (χ3n) is 3.89. The van der Waals surface area contributed by atoms with E-state index in [0.29, 0.717) is 17.0 Å². The Morgan fingerprint density at radius 2 is 1.64 bits per heavy atom. The van der Waals surface area contributed by atoms with Crippen LogP contribution in [0.5, 0.6) is 5.75 Å². The summed E-state index contributed by atoms with van der Waals surface area (Å²) in [5.74, 6) is -0.883. The van der Waals surface area contributed by atoms with Crippen molar-refractivity contribution in [3.8, 4) is 5.75 Å². The zero-order valence-electron chi connectivity index (χ0n) is 15.7. The van der Waals surface area contributed by atoms with Gasteiger partial charge in [0.2, 0.25) is 17.7 Å². The number of anilines is 1. The molecule has 0 saturated heterocycles. The number of ether oxygens (including phenoxy) is 1. The first kappa shape index (κ1) is 20.9. The summed E-state index contributed by atoms with van der Waals surface area (Å²) in [6.07, 6.45) is 0. The molecule has 148 valence electrons. The first-order valence-electron chi connectivity index (χ1n) is 8.58. The number of carbonyl (C=O) groups is 3. The molecule has 0 aromatic heterocycles. The summed E-state index contributed by atoms with van der Waals surface area (Å²) in [6.45, 7) is 1.07. The molecule has 0 saturated carbocycles. The van der Waals surface area contributed by atoms with Gasteiger partial charge in [0.25, 0.3) is 0 Å². The Hall–Kier alpha value is -3.42. The van der Waals surface area contributed by atoms with Crippen molar-refractivity contribution < 1.29 is 23.5 Å². The largest absolute Gasteiger partial charge is 0.497 e. The molecule has 0 fully saturated rings. The Balaban J connectivity index is 1.82. The summed E-state index contributed by atoms with van der Waals surface area (Å²) in [7, 11) is 1.55. The van der Waals surface area contributed by atoms with E-state index < -0.39 is 11.8 Å². The third-order valence-corrected chi connectivity index (χ3v) is 3.89. The minimum Gasteiger partial charge on any atom is -0.497 e. The van der Waals surface area contributed by atoms with Gasteiger partial charge in [-0.3, -0.25) is 14.4 Å². The second-order valence-corrected chi connectivity index (χ2v) is 6.05. The predicted octanol–water partition coefficient (Wildman–Crippen LogP) is 1.94. The lowest BCUT2D eigenvalue weighted by molar-refractivity contribution is -0.135. The Morgan fingerprint density at radius 1 is 1.00 bits per heavy atom. The van der Waals surface area contributed by atoms with Gasteiger partial charge in [-0.2, -0.15) is 0 Å². The van der Waals surface area contributed by atoms with E-state index in [4.69, 9.17) is 4.74 Å². The minimum atomic E-state index is -0.470. The van der Waals surface area contributed by atoms with Gasteiger partial charge in [-0.05, 0) is 42.0 Å². The number of hydrogen-bond donors (Lipinski definition) is 2. The molecule has 2 aromatic carbocycles. The smallest absolute Gasteiger partial charge is 0.243 e. The fraction of sp³-hybridized carbons (Fsp3) is 0.250. The molecule has 7 nitrogen and oxygen atoms in total. The van der Waals surface area contributed by atoms with Crippen LogP contribution in [-0.4, -0.2) is 42.8 Å². The van der Waals surface area contributed by atoms with Crippen LogP contribution in [0.4, 0.5) is 10.1 Å². The number of benzene rings is 2. The molecule has 28 heavy (non-hydrogen) atoms. The van der Waals surface area contributed by atoms with Crippen LogP contribution >= 0.6 is 0 Å². The van der Waals surface area contributed by atoms with Crippen molar-refractivity contribution in [2.45, 2.75) is 13.5 Å². The van der Waals surface area contributed by atoms with E-state index in [0.717, 1.165) is 0 Å². The van der Waals surface area contributed by atoms with E-state index in [9.17, 15) is 18.8 Å². The van der Waals surface area contributed by atoms with E-state index in [1.807, 2.05) is 0 Å². The minimum absolute atomic E-state index is 0.168. The number of nitrogens with zero attached hydrogens (tertiary/aromatic N) is 1. The Morgan fingerprint density at radius 3 is 2.21 bits per heavy atom. The number of methoxy groups -OCH3 is 1. The lowest BCUT2D eigenvalue weighted by Gasteiger charge is -2.20. The quantitative estimate of drug-likeness (QED) is 0.725. The lowest BCUT2D eigenvalue weighted by atomic mass is 10.2. The van der Waals surface area contributed by atoms with Crippen molar-refractivity contribution >= 4 is 23.4 Å². The highest BCUT2D eigenvalue weighted by Gasteiger charge is 2.15. The summed E-state index contributed by atoms with van der Waals surface area (Å²) in [5.41, 5.74) is 1.27. The summed E-state index contributed by atoms with van der Waals surface area (Å²) < 4.78 is 18.0. The number of carbonyl (C=O) groups excluding carboxylic acids is 3. The van der Waals surface area contributed by atoms with Crippen molar-refractivity contribution in [1.29, 1.82) is 0 Å². The van der Waals surface area contributed by atoms with E-state index in [-0.39, 0.29) is 31.4 Å². The molecule has 2 rings (SSSR count). The molecule has 3 amide bonds. The zero-order valence-corrected chi connectivity index (χ0v) is 15.7. The van der Waals surface area contributed by atoms with E-state index in [2.05, 4.69) is 10.6 Å². The molecule has 0 heterocycles.